The molecule has 1 fully saturated rings. The summed E-state index contributed by atoms with van der Waals surface area (Å²) in [6.45, 7) is 4.52. The largest absolute Gasteiger partial charge is 0.506 e. The van der Waals surface area contributed by atoms with Crippen LogP contribution in [0.3, 0.4) is 0 Å². The molecule has 4 rings (SSSR count). The second-order valence-electron chi connectivity index (χ2n) is 6.54. The van der Waals surface area contributed by atoms with E-state index in [1.165, 1.54) is 4.90 Å². The Morgan fingerprint density at radius 2 is 1.85 bits per heavy atom. The normalized spacial score (nSPS) is 23.5. The zero-order valence-corrected chi connectivity index (χ0v) is 14.6. The van der Waals surface area contributed by atoms with Crippen molar-refractivity contribution in [3.8, 4) is 0 Å². The number of amides is 3. The van der Waals surface area contributed by atoms with Crippen LogP contribution in [0.15, 0.2) is 54.6 Å². The van der Waals surface area contributed by atoms with Crippen LogP contribution in [-0.4, -0.2) is 66.5 Å². The molecule has 3 amide bonds. The van der Waals surface area contributed by atoms with Crippen LogP contribution < -0.4 is 4.90 Å². The lowest BCUT2D eigenvalue weighted by Crippen LogP contribution is -2.56. The lowest BCUT2D eigenvalue weighted by atomic mass is 9.94. The summed E-state index contributed by atoms with van der Waals surface area (Å²) in [5.74, 6) is -0.609. The number of imide groups is 1. The zero-order valence-electron chi connectivity index (χ0n) is 14.6. The van der Waals surface area contributed by atoms with E-state index in [4.69, 9.17) is 4.74 Å². The number of ether oxygens (including phenoxy) is 1. The summed E-state index contributed by atoms with van der Waals surface area (Å²) < 4.78 is 7.13. The minimum absolute atomic E-state index is 0.195. The third kappa shape index (κ3) is 3.13. The summed E-state index contributed by atoms with van der Waals surface area (Å²) in [6, 6.07) is 8.86. The molecule has 1 aliphatic carbocycles. The fourth-order valence-corrected chi connectivity index (χ4v) is 3.57. The lowest BCUT2D eigenvalue weighted by Gasteiger charge is -2.29. The average molecular weight is 352 g/mol. The van der Waals surface area contributed by atoms with Crippen LogP contribution in [-0.2, 0) is 9.53 Å². The summed E-state index contributed by atoms with van der Waals surface area (Å²) in [6.07, 6.45) is 7.49. The number of morpholine rings is 1. The minimum atomic E-state index is -0.414. The van der Waals surface area contributed by atoms with Crippen molar-refractivity contribution in [3.05, 3.63) is 54.6 Å². The Morgan fingerprint density at radius 3 is 2.62 bits per heavy atom. The van der Waals surface area contributed by atoms with Crippen molar-refractivity contribution in [1.82, 2.24) is 4.90 Å². The van der Waals surface area contributed by atoms with E-state index in [0.29, 0.717) is 12.2 Å². The Kier molecular flexibility index (Phi) is 4.77. The number of carbonyl (C=O) groups is 2. The van der Waals surface area contributed by atoms with E-state index >= 15 is 0 Å². The van der Waals surface area contributed by atoms with Gasteiger partial charge in [0.2, 0.25) is 0 Å². The molecule has 134 valence electrons. The fraction of sp³-hybridized carbons (Fsp3) is 0.350. The highest BCUT2D eigenvalue weighted by molar-refractivity contribution is 6.25. The molecule has 0 aromatic heterocycles. The van der Waals surface area contributed by atoms with Crippen LogP contribution >= 0.6 is 0 Å². The van der Waals surface area contributed by atoms with Gasteiger partial charge in [-0.2, -0.15) is 9.37 Å². The number of rotatable bonds is 4. The number of carbonyl (C=O) groups excluding carboxylic acids is 2. The van der Waals surface area contributed by atoms with Gasteiger partial charge in [-0.05, 0) is 18.2 Å². The second-order valence-corrected chi connectivity index (χ2v) is 6.54. The van der Waals surface area contributed by atoms with Crippen molar-refractivity contribution in [2.45, 2.75) is 0 Å². The summed E-state index contributed by atoms with van der Waals surface area (Å²) in [4.78, 5) is 29.7. The van der Waals surface area contributed by atoms with E-state index in [1.807, 2.05) is 42.5 Å². The lowest BCUT2D eigenvalue weighted by molar-refractivity contribution is -0.429. The Bertz CT molecular complexity index is 792. The first-order valence-electron chi connectivity index (χ1n) is 8.98. The van der Waals surface area contributed by atoms with Crippen LogP contribution in [0.2, 0.25) is 0 Å². The van der Waals surface area contributed by atoms with Crippen molar-refractivity contribution in [2.24, 2.45) is 5.92 Å². The van der Waals surface area contributed by atoms with Crippen molar-refractivity contribution in [2.75, 3.05) is 44.3 Å². The van der Waals surface area contributed by atoms with Gasteiger partial charge in [-0.25, -0.2) is 4.79 Å². The van der Waals surface area contributed by atoms with E-state index in [0.717, 1.165) is 38.6 Å². The van der Waals surface area contributed by atoms with Gasteiger partial charge in [0.15, 0.2) is 0 Å². The number of benzene rings is 1. The molecule has 3 aliphatic rings. The third-order valence-corrected chi connectivity index (χ3v) is 4.98. The average Bonchev–Trinajstić information content (AvgIpc) is 2.70. The first-order chi connectivity index (χ1) is 12.8. The van der Waals surface area contributed by atoms with Crippen molar-refractivity contribution in [1.29, 1.82) is 0 Å². The summed E-state index contributed by atoms with van der Waals surface area (Å²) in [5, 5.41) is 0. The summed E-state index contributed by atoms with van der Waals surface area (Å²) in [7, 11) is 0. The molecular weight excluding hydrogens is 330 g/mol. The van der Waals surface area contributed by atoms with E-state index in [-0.39, 0.29) is 11.9 Å². The number of hydrogen-bond donors (Lipinski definition) is 0. The second kappa shape index (κ2) is 7.35. The molecule has 6 heteroatoms. The number of fused-ring (bicyclic) bond motifs is 1. The van der Waals surface area contributed by atoms with Crippen LogP contribution in [0.25, 0.3) is 0 Å². The number of allylic oxidation sites excluding steroid dienone is 3. The third-order valence-electron chi connectivity index (χ3n) is 4.98. The van der Waals surface area contributed by atoms with Crippen LogP contribution in [0, 0.1) is 5.92 Å². The molecule has 0 saturated carbocycles. The van der Waals surface area contributed by atoms with Gasteiger partial charge in [-0.1, -0.05) is 36.4 Å². The van der Waals surface area contributed by atoms with Gasteiger partial charge >= 0.3 is 11.9 Å². The van der Waals surface area contributed by atoms with Crippen molar-refractivity contribution < 1.29 is 18.9 Å². The van der Waals surface area contributed by atoms with Crippen molar-refractivity contribution >= 4 is 23.3 Å². The Balaban J connectivity index is 1.65. The molecule has 0 N–H and O–H groups in total. The van der Waals surface area contributed by atoms with Crippen LogP contribution in [0.1, 0.15) is 0 Å². The molecule has 6 nitrogen and oxygen atoms in total. The van der Waals surface area contributed by atoms with Gasteiger partial charge in [0.05, 0.1) is 13.2 Å². The molecular formula is C20H22N3O3+. The monoisotopic (exact) mass is 352 g/mol. The fourth-order valence-electron chi connectivity index (χ4n) is 3.57. The Labute approximate surface area is 152 Å². The van der Waals surface area contributed by atoms with Gasteiger partial charge in [0, 0.05) is 19.6 Å². The molecule has 0 spiro atoms. The minimum Gasteiger partial charge on any atom is -0.379 e. The zero-order chi connectivity index (χ0) is 17.9. The van der Waals surface area contributed by atoms with E-state index in [9.17, 15) is 9.59 Å². The highest BCUT2D eigenvalue weighted by atomic mass is 16.5. The molecule has 1 saturated heterocycles. The first kappa shape index (κ1) is 16.9. The Morgan fingerprint density at radius 1 is 1.08 bits per heavy atom. The Hall–Kier alpha value is -2.57. The maximum atomic E-state index is 13.2. The molecule has 1 atom stereocenters. The highest BCUT2D eigenvalue weighted by Gasteiger charge is 2.47. The first-order valence-corrected chi connectivity index (χ1v) is 8.98. The predicted octanol–water partition coefficient (Wildman–Crippen LogP) is 1.68. The number of hydrogen-bond acceptors (Lipinski definition) is 4. The molecule has 0 bridgehead atoms. The molecule has 1 unspecified atom stereocenters. The predicted molar refractivity (Wildman–Crippen MR) is 98.5 cm³/mol. The van der Waals surface area contributed by atoms with E-state index in [1.54, 1.807) is 16.7 Å². The number of urea groups is 1. The molecule has 0 radical (unpaired) electrons. The van der Waals surface area contributed by atoms with Gasteiger partial charge in [0.1, 0.15) is 23.9 Å². The standard InChI is InChI=1S/C20H22N3O3/c24-19-17-8-4-5-9-18(17)22(11-10-21-12-14-26-15-13-21)20(25)23(19)16-6-2-1-3-7-16/h1-9,17H,10-15H2/q+1. The highest BCUT2D eigenvalue weighted by Crippen LogP contribution is 2.25. The van der Waals surface area contributed by atoms with Gasteiger partial charge in [-0.3, -0.25) is 4.90 Å². The quantitative estimate of drug-likeness (QED) is 0.774. The maximum absolute atomic E-state index is 13.2. The topological polar surface area (TPSA) is 52.9 Å². The molecule has 1 aromatic rings. The number of anilines is 1. The number of para-hydroxylation sites is 1. The molecule has 2 aliphatic heterocycles. The molecule has 2 heterocycles. The summed E-state index contributed by atoms with van der Waals surface area (Å²) in [5.41, 5.74) is 1.38. The van der Waals surface area contributed by atoms with Crippen LogP contribution in [0.4, 0.5) is 10.5 Å². The van der Waals surface area contributed by atoms with Gasteiger partial charge < -0.3 is 4.74 Å². The number of nitrogens with zero attached hydrogens (tertiary/aromatic N) is 3. The van der Waals surface area contributed by atoms with Gasteiger partial charge in [-0.15, -0.1) is 4.90 Å². The van der Waals surface area contributed by atoms with E-state index < -0.39 is 5.92 Å². The molecule has 26 heavy (non-hydrogen) atoms. The van der Waals surface area contributed by atoms with E-state index in [2.05, 4.69) is 4.90 Å². The van der Waals surface area contributed by atoms with Crippen LogP contribution in [0.5, 0.6) is 0 Å². The maximum Gasteiger partial charge on any atom is 0.506 e. The SMILES string of the molecule is O=C1C2C=CC=CC2=[N+](CCN2CCOCC2)C(=O)N1c1ccccc1. The van der Waals surface area contributed by atoms with Crippen molar-refractivity contribution in [3.63, 3.8) is 0 Å². The summed E-state index contributed by atoms with van der Waals surface area (Å²) >= 11 is 0. The van der Waals surface area contributed by atoms with Gasteiger partial charge in [0.25, 0.3) is 0 Å². The molecule has 1 aromatic carbocycles. The smallest absolute Gasteiger partial charge is 0.379 e.